The monoisotopic (exact) mass is 188 g/mol. The maximum absolute atomic E-state index is 10.5. The van der Waals surface area contributed by atoms with Crippen LogP contribution >= 0.6 is 0 Å². The molecule has 2 unspecified atom stereocenters. The molecular weight excluding hydrogens is 168 g/mol. The highest BCUT2D eigenvalue weighted by Gasteiger charge is 2.12. The van der Waals surface area contributed by atoms with Gasteiger partial charge in [-0.05, 0) is 26.2 Å². The fourth-order valence-electron chi connectivity index (χ4n) is 1.01. The molecule has 1 N–H and O–H groups in total. The minimum absolute atomic E-state index is 0.182. The quantitative estimate of drug-likeness (QED) is 0.666. The van der Waals surface area contributed by atoms with E-state index in [4.69, 9.17) is 9.84 Å². The molecule has 0 aromatic rings. The number of hydrogen-bond acceptors (Lipinski definition) is 2. The second-order valence-electron chi connectivity index (χ2n) is 3.50. The summed E-state index contributed by atoms with van der Waals surface area (Å²) in [5, 5.41) is 8.63. The molecule has 13 heavy (non-hydrogen) atoms. The van der Waals surface area contributed by atoms with Crippen molar-refractivity contribution < 1.29 is 14.6 Å². The van der Waals surface area contributed by atoms with Gasteiger partial charge in [-0.1, -0.05) is 13.8 Å². The summed E-state index contributed by atoms with van der Waals surface area (Å²) in [6.45, 7) is 6.55. The fourth-order valence-corrected chi connectivity index (χ4v) is 1.01. The van der Waals surface area contributed by atoms with E-state index in [1.54, 1.807) is 6.92 Å². The molecule has 0 aliphatic carbocycles. The van der Waals surface area contributed by atoms with Crippen molar-refractivity contribution in [2.45, 2.75) is 46.1 Å². The van der Waals surface area contributed by atoms with Gasteiger partial charge in [-0.25, -0.2) is 0 Å². The van der Waals surface area contributed by atoms with Crippen LogP contribution in [-0.4, -0.2) is 23.8 Å². The normalized spacial score (nSPS) is 15.3. The molecule has 3 nitrogen and oxygen atoms in total. The van der Waals surface area contributed by atoms with Gasteiger partial charge in [0.05, 0.1) is 12.0 Å². The van der Waals surface area contributed by atoms with Crippen LogP contribution in [0.5, 0.6) is 0 Å². The Morgan fingerprint density at radius 3 is 2.46 bits per heavy atom. The first kappa shape index (κ1) is 12.4. The van der Waals surface area contributed by atoms with Gasteiger partial charge in [0.15, 0.2) is 0 Å². The second kappa shape index (κ2) is 6.89. The molecule has 0 saturated heterocycles. The summed E-state index contributed by atoms with van der Waals surface area (Å²) in [4.78, 5) is 10.5. The number of rotatable bonds is 7. The highest BCUT2D eigenvalue weighted by Crippen LogP contribution is 2.10. The van der Waals surface area contributed by atoms with Crippen LogP contribution in [0.15, 0.2) is 0 Å². The van der Waals surface area contributed by atoms with Gasteiger partial charge in [0.25, 0.3) is 0 Å². The minimum atomic E-state index is -0.720. The summed E-state index contributed by atoms with van der Waals surface area (Å²) >= 11 is 0. The van der Waals surface area contributed by atoms with E-state index in [0.717, 1.165) is 19.4 Å². The molecule has 0 rings (SSSR count). The summed E-state index contributed by atoms with van der Waals surface area (Å²) in [5.74, 6) is -0.977. The Hall–Kier alpha value is -0.570. The molecule has 0 aromatic carbocycles. The summed E-state index contributed by atoms with van der Waals surface area (Å²) < 4.78 is 5.43. The average molecular weight is 188 g/mol. The largest absolute Gasteiger partial charge is 0.481 e. The molecule has 0 fully saturated rings. The smallest absolute Gasteiger partial charge is 0.306 e. The molecule has 0 amide bonds. The number of carboxylic acids is 1. The third-order valence-electron chi connectivity index (χ3n) is 2.03. The standard InChI is InChI=1S/C10H20O3/c1-4-7-13-9(3)6-5-8(2)10(11)12/h8-9H,4-7H2,1-3H3,(H,11,12). The third-order valence-corrected chi connectivity index (χ3v) is 2.03. The third kappa shape index (κ3) is 6.58. The summed E-state index contributed by atoms with van der Waals surface area (Å²) in [6.07, 6.45) is 2.72. The molecule has 0 radical (unpaired) electrons. The second-order valence-corrected chi connectivity index (χ2v) is 3.50. The van der Waals surface area contributed by atoms with Crippen LogP contribution < -0.4 is 0 Å². The minimum Gasteiger partial charge on any atom is -0.481 e. The van der Waals surface area contributed by atoms with E-state index in [1.807, 2.05) is 6.92 Å². The Morgan fingerprint density at radius 2 is 2.00 bits per heavy atom. The van der Waals surface area contributed by atoms with E-state index in [0.29, 0.717) is 6.42 Å². The average Bonchev–Trinajstić information content (AvgIpc) is 2.10. The van der Waals surface area contributed by atoms with Gasteiger partial charge in [0, 0.05) is 6.61 Å². The molecular formula is C10H20O3. The molecule has 0 aromatic heterocycles. The van der Waals surface area contributed by atoms with E-state index in [2.05, 4.69) is 6.92 Å². The number of aliphatic carboxylic acids is 1. The van der Waals surface area contributed by atoms with Crippen LogP contribution in [0.25, 0.3) is 0 Å². The lowest BCUT2D eigenvalue weighted by molar-refractivity contribution is -0.141. The van der Waals surface area contributed by atoms with Gasteiger partial charge in [-0.3, -0.25) is 4.79 Å². The van der Waals surface area contributed by atoms with Crippen LogP contribution in [0.1, 0.15) is 40.0 Å². The zero-order valence-electron chi connectivity index (χ0n) is 8.75. The number of carbonyl (C=O) groups is 1. The Morgan fingerprint density at radius 1 is 1.38 bits per heavy atom. The van der Waals surface area contributed by atoms with Crippen LogP contribution in [0.2, 0.25) is 0 Å². The highest BCUT2D eigenvalue weighted by atomic mass is 16.5. The lowest BCUT2D eigenvalue weighted by Gasteiger charge is -2.13. The van der Waals surface area contributed by atoms with Gasteiger partial charge in [-0.2, -0.15) is 0 Å². The zero-order valence-corrected chi connectivity index (χ0v) is 8.75. The van der Waals surface area contributed by atoms with Crippen molar-refractivity contribution in [2.75, 3.05) is 6.61 Å². The number of carboxylic acid groups (broad SMARTS) is 1. The molecule has 0 bridgehead atoms. The number of hydrogen-bond donors (Lipinski definition) is 1. The predicted octanol–water partition coefficient (Wildman–Crippen LogP) is 2.30. The number of ether oxygens (including phenoxy) is 1. The van der Waals surface area contributed by atoms with E-state index in [9.17, 15) is 4.79 Å². The van der Waals surface area contributed by atoms with Crippen molar-refractivity contribution in [3.63, 3.8) is 0 Å². The first-order valence-corrected chi connectivity index (χ1v) is 4.92. The van der Waals surface area contributed by atoms with Gasteiger partial charge >= 0.3 is 5.97 Å². The summed E-state index contributed by atoms with van der Waals surface area (Å²) in [5.41, 5.74) is 0. The van der Waals surface area contributed by atoms with Crippen LogP contribution in [-0.2, 0) is 9.53 Å². The summed E-state index contributed by atoms with van der Waals surface area (Å²) in [7, 11) is 0. The molecule has 0 aliphatic rings. The van der Waals surface area contributed by atoms with Gasteiger partial charge in [-0.15, -0.1) is 0 Å². The maximum atomic E-state index is 10.5. The van der Waals surface area contributed by atoms with E-state index < -0.39 is 5.97 Å². The lowest BCUT2D eigenvalue weighted by Crippen LogP contribution is -2.14. The first-order valence-electron chi connectivity index (χ1n) is 4.92. The topological polar surface area (TPSA) is 46.5 Å². The van der Waals surface area contributed by atoms with Gasteiger partial charge < -0.3 is 9.84 Å². The molecule has 0 heterocycles. The Balaban J connectivity index is 3.45. The van der Waals surface area contributed by atoms with E-state index >= 15 is 0 Å². The zero-order chi connectivity index (χ0) is 10.3. The summed E-state index contributed by atoms with van der Waals surface area (Å²) in [6, 6.07) is 0. The molecule has 2 atom stereocenters. The lowest BCUT2D eigenvalue weighted by atomic mass is 10.0. The SMILES string of the molecule is CCCOC(C)CCC(C)C(=O)O. The Bertz CT molecular complexity index is 145. The van der Waals surface area contributed by atoms with E-state index in [-0.39, 0.29) is 12.0 Å². The fraction of sp³-hybridized carbons (Fsp3) is 0.900. The van der Waals surface area contributed by atoms with Crippen molar-refractivity contribution in [3.05, 3.63) is 0 Å². The molecule has 0 spiro atoms. The predicted molar refractivity (Wildman–Crippen MR) is 51.7 cm³/mol. The van der Waals surface area contributed by atoms with Crippen molar-refractivity contribution >= 4 is 5.97 Å². The van der Waals surface area contributed by atoms with Crippen molar-refractivity contribution in [1.82, 2.24) is 0 Å². The Kier molecular flexibility index (Phi) is 6.59. The van der Waals surface area contributed by atoms with E-state index in [1.165, 1.54) is 0 Å². The molecule has 78 valence electrons. The van der Waals surface area contributed by atoms with Crippen LogP contribution in [0.4, 0.5) is 0 Å². The first-order chi connectivity index (χ1) is 6.07. The van der Waals surface area contributed by atoms with Crippen molar-refractivity contribution in [2.24, 2.45) is 5.92 Å². The maximum Gasteiger partial charge on any atom is 0.306 e. The molecule has 0 aliphatic heterocycles. The molecule has 3 heteroatoms. The van der Waals surface area contributed by atoms with Crippen molar-refractivity contribution in [1.29, 1.82) is 0 Å². The van der Waals surface area contributed by atoms with Crippen LogP contribution in [0.3, 0.4) is 0 Å². The van der Waals surface area contributed by atoms with Crippen LogP contribution in [0, 0.1) is 5.92 Å². The van der Waals surface area contributed by atoms with Gasteiger partial charge in [0.1, 0.15) is 0 Å². The Labute approximate surface area is 80.1 Å². The molecule has 0 saturated carbocycles. The van der Waals surface area contributed by atoms with Crippen molar-refractivity contribution in [3.8, 4) is 0 Å². The van der Waals surface area contributed by atoms with Gasteiger partial charge in [0.2, 0.25) is 0 Å². The highest BCUT2D eigenvalue weighted by molar-refractivity contribution is 5.69.